The summed E-state index contributed by atoms with van der Waals surface area (Å²) >= 11 is 0. The van der Waals surface area contributed by atoms with Gasteiger partial charge < -0.3 is 9.64 Å². The van der Waals surface area contributed by atoms with Crippen LogP contribution in [0.2, 0.25) is 0 Å². The average Bonchev–Trinajstić information content (AvgIpc) is 2.26. The van der Waals surface area contributed by atoms with Crippen LogP contribution in [0.1, 0.15) is 47.5 Å². The van der Waals surface area contributed by atoms with Gasteiger partial charge in [0, 0.05) is 13.0 Å². The quantitative estimate of drug-likeness (QED) is 0.687. The molecule has 0 rings (SSSR count). The summed E-state index contributed by atoms with van der Waals surface area (Å²) in [5, 5.41) is 0. The van der Waals surface area contributed by atoms with E-state index in [0.717, 1.165) is 6.42 Å². The molecule has 0 saturated carbocycles. The molecular weight excluding hydrogens is 230 g/mol. The molecule has 0 aromatic rings. The van der Waals surface area contributed by atoms with Crippen LogP contribution in [0.25, 0.3) is 0 Å². The van der Waals surface area contributed by atoms with Crippen LogP contribution < -0.4 is 0 Å². The Bertz CT molecular complexity index is 281. The first kappa shape index (κ1) is 16.9. The topological polar surface area (TPSA) is 46.6 Å². The summed E-state index contributed by atoms with van der Waals surface area (Å²) in [6.45, 7) is 11.1. The third kappa shape index (κ3) is 6.03. The Morgan fingerprint density at radius 2 is 1.83 bits per heavy atom. The molecule has 0 aliphatic rings. The van der Waals surface area contributed by atoms with Crippen LogP contribution >= 0.6 is 0 Å². The normalized spacial score (nSPS) is 13.0. The fourth-order valence-corrected chi connectivity index (χ4v) is 1.48. The molecule has 1 atom stereocenters. The number of hydrogen-bond donors (Lipinski definition) is 0. The van der Waals surface area contributed by atoms with E-state index in [1.807, 2.05) is 6.92 Å². The lowest BCUT2D eigenvalue weighted by Gasteiger charge is -2.29. The summed E-state index contributed by atoms with van der Waals surface area (Å²) < 4.78 is 4.62. The molecule has 18 heavy (non-hydrogen) atoms. The van der Waals surface area contributed by atoms with E-state index in [0.29, 0.717) is 13.0 Å². The van der Waals surface area contributed by atoms with Crippen LogP contribution in [0.3, 0.4) is 0 Å². The molecule has 0 radical (unpaired) electrons. The van der Waals surface area contributed by atoms with Crippen molar-refractivity contribution >= 4 is 11.9 Å². The fourth-order valence-electron chi connectivity index (χ4n) is 1.48. The van der Waals surface area contributed by atoms with E-state index < -0.39 is 0 Å². The Labute approximate surface area is 111 Å². The van der Waals surface area contributed by atoms with Crippen molar-refractivity contribution in [1.82, 2.24) is 4.90 Å². The molecule has 0 aromatic carbocycles. The van der Waals surface area contributed by atoms with Crippen molar-refractivity contribution in [3.63, 3.8) is 0 Å². The largest absolute Gasteiger partial charge is 0.468 e. The van der Waals surface area contributed by atoms with E-state index in [2.05, 4.69) is 32.4 Å². The molecule has 106 valence electrons. The van der Waals surface area contributed by atoms with E-state index >= 15 is 0 Å². The predicted octanol–water partition coefficient (Wildman–Crippen LogP) is 2.47. The zero-order valence-corrected chi connectivity index (χ0v) is 12.6. The maximum Gasteiger partial charge on any atom is 0.325 e. The molecule has 0 bridgehead atoms. The summed E-state index contributed by atoms with van der Waals surface area (Å²) in [5.41, 5.74) is 0.0960. The van der Waals surface area contributed by atoms with Gasteiger partial charge >= 0.3 is 5.97 Å². The summed E-state index contributed by atoms with van der Waals surface area (Å²) in [5.74, 6) is -0.0492. The van der Waals surface area contributed by atoms with Crippen molar-refractivity contribution in [3.05, 3.63) is 0 Å². The highest BCUT2D eigenvalue weighted by molar-refractivity contribution is 5.82. The number of carbonyl (C=O) groups excluding carboxylic acids is 2. The molecule has 4 nitrogen and oxygen atoms in total. The minimum absolute atomic E-state index is 0.0321. The van der Waals surface area contributed by atoms with Crippen LogP contribution in [0.4, 0.5) is 0 Å². The monoisotopic (exact) mass is 257 g/mol. The summed E-state index contributed by atoms with van der Waals surface area (Å²) in [7, 11) is 1.34. The Morgan fingerprint density at radius 1 is 1.28 bits per heavy atom. The van der Waals surface area contributed by atoms with Crippen LogP contribution in [0.5, 0.6) is 0 Å². The minimum atomic E-state index is -0.361. The lowest BCUT2D eigenvalue weighted by atomic mass is 9.80. The van der Waals surface area contributed by atoms with Gasteiger partial charge in [-0.15, -0.1) is 0 Å². The molecule has 1 amide bonds. The number of esters is 1. The highest BCUT2D eigenvalue weighted by Gasteiger charge is 2.25. The maximum atomic E-state index is 12.2. The van der Waals surface area contributed by atoms with E-state index in [-0.39, 0.29) is 29.8 Å². The fraction of sp³-hybridized carbons (Fsp3) is 0.857. The number of amides is 1. The molecule has 0 aromatic heterocycles. The van der Waals surface area contributed by atoms with E-state index in [1.165, 1.54) is 7.11 Å². The van der Waals surface area contributed by atoms with E-state index in [1.54, 1.807) is 4.90 Å². The Hall–Kier alpha value is -1.06. The molecule has 0 saturated heterocycles. The molecular formula is C14H27NO3. The zero-order valence-electron chi connectivity index (χ0n) is 12.6. The van der Waals surface area contributed by atoms with Crippen LogP contribution in [-0.2, 0) is 14.3 Å². The van der Waals surface area contributed by atoms with Crippen molar-refractivity contribution in [3.8, 4) is 0 Å². The molecule has 0 aliphatic carbocycles. The number of ether oxygens (including phenoxy) is 1. The van der Waals surface area contributed by atoms with Crippen molar-refractivity contribution in [2.24, 2.45) is 11.3 Å². The van der Waals surface area contributed by atoms with Gasteiger partial charge in [-0.3, -0.25) is 9.59 Å². The standard InChI is InChI=1S/C14H27NO3/c1-7-8-15(10-13(17)18-6)12(16)9-11(2)14(3,4)5/h11H,7-10H2,1-6H3. The maximum absolute atomic E-state index is 12.2. The van der Waals surface area contributed by atoms with E-state index in [9.17, 15) is 9.59 Å². The zero-order chi connectivity index (χ0) is 14.3. The van der Waals surface area contributed by atoms with Gasteiger partial charge in [0.2, 0.25) is 5.91 Å². The molecule has 1 unspecified atom stereocenters. The van der Waals surface area contributed by atoms with Crippen LogP contribution in [-0.4, -0.2) is 37.0 Å². The molecule has 0 spiro atoms. The lowest BCUT2D eigenvalue weighted by Crippen LogP contribution is -2.38. The molecule has 4 heteroatoms. The Kier molecular flexibility index (Phi) is 6.96. The molecule has 0 heterocycles. The van der Waals surface area contributed by atoms with Crippen molar-refractivity contribution in [2.45, 2.75) is 47.5 Å². The minimum Gasteiger partial charge on any atom is -0.468 e. The van der Waals surface area contributed by atoms with Crippen molar-refractivity contribution in [2.75, 3.05) is 20.2 Å². The Balaban J connectivity index is 4.52. The smallest absolute Gasteiger partial charge is 0.325 e. The summed E-state index contributed by atoms with van der Waals surface area (Å²) in [6.07, 6.45) is 1.31. The first-order valence-electron chi connectivity index (χ1n) is 6.57. The molecule has 0 aliphatic heterocycles. The SMILES string of the molecule is CCCN(CC(=O)OC)C(=O)CC(C)C(C)(C)C. The highest BCUT2D eigenvalue weighted by atomic mass is 16.5. The number of methoxy groups -OCH3 is 1. The third-order valence-electron chi connectivity index (χ3n) is 3.35. The van der Waals surface area contributed by atoms with Gasteiger partial charge in [-0.25, -0.2) is 0 Å². The molecule has 0 N–H and O–H groups in total. The molecule has 0 fully saturated rings. The first-order chi connectivity index (χ1) is 8.22. The predicted molar refractivity (Wildman–Crippen MR) is 72.1 cm³/mol. The van der Waals surface area contributed by atoms with Gasteiger partial charge in [0.05, 0.1) is 7.11 Å². The van der Waals surface area contributed by atoms with Gasteiger partial charge in [-0.2, -0.15) is 0 Å². The Morgan fingerprint density at radius 3 is 2.22 bits per heavy atom. The summed E-state index contributed by atoms with van der Waals surface area (Å²) in [4.78, 5) is 25.0. The second kappa shape index (κ2) is 7.39. The number of nitrogens with zero attached hydrogens (tertiary/aromatic N) is 1. The number of hydrogen-bond acceptors (Lipinski definition) is 3. The second-order valence-electron chi connectivity index (χ2n) is 5.86. The average molecular weight is 257 g/mol. The van der Waals surface area contributed by atoms with Crippen LogP contribution in [0.15, 0.2) is 0 Å². The van der Waals surface area contributed by atoms with Gasteiger partial charge in [0.25, 0.3) is 0 Å². The lowest BCUT2D eigenvalue weighted by molar-refractivity contribution is -0.147. The second-order valence-corrected chi connectivity index (χ2v) is 5.86. The third-order valence-corrected chi connectivity index (χ3v) is 3.35. The van der Waals surface area contributed by atoms with E-state index in [4.69, 9.17) is 0 Å². The first-order valence-corrected chi connectivity index (χ1v) is 6.57. The van der Waals surface area contributed by atoms with Gasteiger partial charge in [0.15, 0.2) is 0 Å². The number of rotatable bonds is 6. The highest BCUT2D eigenvalue weighted by Crippen LogP contribution is 2.28. The van der Waals surface area contributed by atoms with Gasteiger partial charge in [-0.05, 0) is 17.8 Å². The van der Waals surface area contributed by atoms with Gasteiger partial charge in [-0.1, -0.05) is 34.6 Å². The van der Waals surface area contributed by atoms with Gasteiger partial charge in [0.1, 0.15) is 6.54 Å². The number of carbonyl (C=O) groups is 2. The van der Waals surface area contributed by atoms with Crippen molar-refractivity contribution < 1.29 is 14.3 Å². The van der Waals surface area contributed by atoms with Crippen molar-refractivity contribution in [1.29, 1.82) is 0 Å². The summed E-state index contributed by atoms with van der Waals surface area (Å²) in [6, 6.07) is 0. The van der Waals surface area contributed by atoms with Crippen LogP contribution in [0, 0.1) is 11.3 Å².